The fraction of sp³-hybridized carbons (Fsp3) is 0.500. The molecule has 0 saturated heterocycles. The fourth-order valence-corrected chi connectivity index (χ4v) is 1.90. The molecule has 1 aromatic rings. The van der Waals surface area contributed by atoms with E-state index in [1.54, 1.807) is 4.90 Å². The first-order valence-electron chi connectivity index (χ1n) is 7.50. The minimum atomic E-state index is -0.0987. The first kappa shape index (κ1) is 20.2. The van der Waals surface area contributed by atoms with Crippen LogP contribution in [-0.4, -0.2) is 42.9 Å². The molecule has 1 aromatic carbocycles. The van der Waals surface area contributed by atoms with Crippen LogP contribution in [0, 0.1) is 0 Å². The lowest BCUT2D eigenvalue weighted by Crippen LogP contribution is -2.43. The smallest absolute Gasteiger partial charge is 0.242 e. The van der Waals surface area contributed by atoms with Gasteiger partial charge in [-0.25, -0.2) is 0 Å². The largest absolute Gasteiger partial charge is 0.376 e. The summed E-state index contributed by atoms with van der Waals surface area (Å²) in [5.41, 5.74) is 0.901. The first-order chi connectivity index (χ1) is 10.2. The number of nitrogens with one attached hydrogen (secondary N) is 2. The Labute approximate surface area is 138 Å². The van der Waals surface area contributed by atoms with Gasteiger partial charge in [0.2, 0.25) is 11.8 Å². The highest BCUT2D eigenvalue weighted by molar-refractivity contribution is 5.86. The van der Waals surface area contributed by atoms with Crippen molar-refractivity contribution in [3.63, 3.8) is 0 Å². The third kappa shape index (κ3) is 7.88. The third-order valence-electron chi connectivity index (χ3n) is 2.97. The highest BCUT2D eigenvalue weighted by Crippen LogP contribution is 2.04. The zero-order valence-electron chi connectivity index (χ0n) is 13.3. The van der Waals surface area contributed by atoms with Gasteiger partial charge in [-0.05, 0) is 25.0 Å². The molecule has 1 rings (SSSR count). The van der Waals surface area contributed by atoms with Gasteiger partial charge in [0.05, 0.1) is 13.1 Å². The average Bonchev–Trinajstić information content (AvgIpc) is 2.51. The molecule has 0 aliphatic carbocycles. The molecule has 0 radical (unpaired) electrons. The summed E-state index contributed by atoms with van der Waals surface area (Å²) in [7, 11) is 0. The molecule has 0 fully saturated rings. The number of carbonyl (C=O) groups is 2. The number of amides is 2. The van der Waals surface area contributed by atoms with Crippen LogP contribution < -0.4 is 10.6 Å². The minimum Gasteiger partial charge on any atom is -0.376 e. The van der Waals surface area contributed by atoms with E-state index in [1.165, 1.54) is 0 Å². The summed E-state index contributed by atoms with van der Waals surface area (Å²) in [5, 5.41) is 5.87. The highest BCUT2D eigenvalue weighted by atomic mass is 35.5. The molecule has 0 saturated carbocycles. The maximum atomic E-state index is 12.2. The zero-order chi connectivity index (χ0) is 15.5. The number of hydrogen-bond acceptors (Lipinski definition) is 3. The summed E-state index contributed by atoms with van der Waals surface area (Å²) >= 11 is 0. The predicted molar refractivity (Wildman–Crippen MR) is 92.4 cm³/mol. The summed E-state index contributed by atoms with van der Waals surface area (Å²) in [5.74, 6) is -0.161. The summed E-state index contributed by atoms with van der Waals surface area (Å²) < 4.78 is 0. The van der Waals surface area contributed by atoms with Gasteiger partial charge in [-0.15, -0.1) is 12.4 Å². The second-order valence-electron chi connectivity index (χ2n) is 4.88. The molecule has 0 atom stereocenters. The van der Waals surface area contributed by atoms with Gasteiger partial charge in [0.25, 0.3) is 0 Å². The van der Waals surface area contributed by atoms with Crippen molar-refractivity contribution in [3.05, 3.63) is 30.3 Å². The van der Waals surface area contributed by atoms with Gasteiger partial charge in [-0.2, -0.15) is 0 Å². The summed E-state index contributed by atoms with van der Waals surface area (Å²) in [6.45, 7) is 5.56. The minimum absolute atomic E-state index is 0. The van der Waals surface area contributed by atoms with Crippen molar-refractivity contribution in [3.8, 4) is 0 Å². The summed E-state index contributed by atoms with van der Waals surface area (Å²) in [6.07, 6.45) is 1.72. The van der Waals surface area contributed by atoms with Crippen LogP contribution in [0.15, 0.2) is 30.3 Å². The lowest BCUT2D eigenvalue weighted by molar-refractivity contribution is -0.134. The van der Waals surface area contributed by atoms with E-state index in [4.69, 9.17) is 0 Å². The molecule has 0 aromatic heterocycles. The number of hydrogen-bond donors (Lipinski definition) is 2. The monoisotopic (exact) mass is 327 g/mol. The molecule has 2 N–H and O–H groups in total. The number of benzene rings is 1. The van der Waals surface area contributed by atoms with Gasteiger partial charge in [0, 0.05) is 18.8 Å². The normalized spacial score (nSPS) is 9.55. The van der Waals surface area contributed by atoms with Crippen molar-refractivity contribution in [2.45, 2.75) is 26.7 Å². The molecular weight excluding hydrogens is 302 g/mol. The van der Waals surface area contributed by atoms with Gasteiger partial charge in [-0.3, -0.25) is 9.59 Å². The SMILES string of the molecule is CCCNC(=O)CN(CCC)C(=O)CNc1ccccc1.Cl. The molecular formula is C16H26ClN3O2. The van der Waals surface area contributed by atoms with Crippen molar-refractivity contribution >= 4 is 29.9 Å². The van der Waals surface area contributed by atoms with Crippen LogP contribution in [0.4, 0.5) is 5.69 Å². The van der Waals surface area contributed by atoms with Crippen molar-refractivity contribution in [2.24, 2.45) is 0 Å². The molecule has 6 heteroatoms. The van der Waals surface area contributed by atoms with E-state index >= 15 is 0 Å². The van der Waals surface area contributed by atoms with Crippen LogP contribution in [0.5, 0.6) is 0 Å². The summed E-state index contributed by atoms with van der Waals surface area (Å²) in [6, 6.07) is 9.56. The molecule has 0 spiro atoms. The van der Waals surface area contributed by atoms with E-state index in [1.807, 2.05) is 44.2 Å². The molecule has 22 heavy (non-hydrogen) atoms. The summed E-state index contributed by atoms with van der Waals surface area (Å²) in [4.78, 5) is 25.5. The van der Waals surface area contributed by atoms with E-state index in [9.17, 15) is 9.59 Å². The Balaban J connectivity index is 0.00000441. The van der Waals surface area contributed by atoms with E-state index in [-0.39, 0.29) is 37.3 Å². The van der Waals surface area contributed by atoms with Gasteiger partial charge in [0.15, 0.2) is 0 Å². The van der Waals surface area contributed by atoms with Crippen LogP contribution in [0.3, 0.4) is 0 Å². The van der Waals surface area contributed by atoms with Crippen LogP contribution in [0.25, 0.3) is 0 Å². The van der Waals surface area contributed by atoms with Gasteiger partial charge < -0.3 is 15.5 Å². The molecule has 0 heterocycles. The van der Waals surface area contributed by atoms with E-state index in [2.05, 4.69) is 10.6 Å². The van der Waals surface area contributed by atoms with Crippen LogP contribution >= 0.6 is 12.4 Å². The molecule has 0 bridgehead atoms. The number of halogens is 1. The number of carbonyl (C=O) groups excluding carboxylic acids is 2. The van der Waals surface area contributed by atoms with Crippen LogP contribution in [-0.2, 0) is 9.59 Å². The fourth-order valence-electron chi connectivity index (χ4n) is 1.90. The first-order valence-corrected chi connectivity index (χ1v) is 7.50. The van der Waals surface area contributed by atoms with Gasteiger partial charge in [-0.1, -0.05) is 32.0 Å². The second kappa shape index (κ2) is 11.9. The van der Waals surface area contributed by atoms with Gasteiger partial charge in [0.1, 0.15) is 0 Å². The Bertz CT molecular complexity index is 440. The Kier molecular flexibility index (Phi) is 10.9. The molecule has 0 aliphatic rings. The molecule has 5 nitrogen and oxygen atoms in total. The van der Waals surface area contributed by atoms with Crippen molar-refractivity contribution in [2.75, 3.05) is 31.5 Å². The van der Waals surface area contributed by atoms with Crippen molar-refractivity contribution in [1.82, 2.24) is 10.2 Å². The lowest BCUT2D eigenvalue weighted by Gasteiger charge is -2.22. The predicted octanol–water partition coefficient (Wildman–Crippen LogP) is 2.29. The van der Waals surface area contributed by atoms with Gasteiger partial charge >= 0.3 is 0 Å². The van der Waals surface area contributed by atoms with Crippen molar-refractivity contribution in [1.29, 1.82) is 0 Å². The number of nitrogens with zero attached hydrogens (tertiary/aromatic N) is 1. The second-order valence-corrected chi connectivity index (χ2v) is 4.88. The quantitative estimate of drug-likeness (QED) is 0.731. The lowest BCUT2D eigenvalue weighted by atomic mass is 10.3. The highest BCUT2D eigenvalue weighted by Gasteiger charge is 2.15. The van der Waals surface area contributed by atoms with E-state index < -0.39 is 0 Å². The maximum absolute atomic E-state index is 12.2. The van der Waals surface area contributed by atoms with Crippen LogP contribution in [0.1, 0.15) is 26.7 Å². The zero-order valence-corrected chi connectivity index (χ0v) is 14.1. The Morgan fingerprint density at radius 2 is 1.77 bits per heavy atom. The van der Waals surface area contributed by atoms with E-state index in [0.717, 1.165) is 18.5 Å². The third-order valence-corrected chi connectivity index (χ3v) is 2.97. The molecule has 0 aliphatic heterocycles. The Morgan fingerprint density at radius 3 is 2.36 bits per heavy atom. The van der Waals surface area contributed by atoms with Crippen LogP contribution in [0.2, 0.25) is 0 Å². The molecule has 0 unspecified atom stereocenters. The molecule has 2 amide bonds. The maximum Gasteiger partial charge on any atom is 0.242 e. The Morgan fingerprint density at radius 1 is 1.09 bits per heavy atom. The Hall–Kier alpha value is -1.75. The number of rotatable bonds is 9. The standard InChI is InChI=1S/C16H25N3O2.ClH/c1-3-10-17-15(20)13-19(11-4-2)16(21)12-18-14-8-6-5-7-9-14;/h5-9,18H,3-4,10-13H2,1-2H3,(H,17,20);1H. The number of para-hydroxylation sites is 1. The number of anilines is 1. The molecule has 124 valence electrons. The topological polar surface area (TPSA) is 61.4 Å². The van der Waals surface area contributed by atoms with Crippen molar-refractivity contribution < 1.29 is 9.59 Å². The van der Waals surface area contributed by atoms with E-state index in [0.29, 0.717) is 13.1 Å². The average molecular weight is 328 g/mol.